The van der Waals surface area contributed by atoms with Gasteiger partial charge in [-0.3, -0.25) is 9.59 Å². The van der Waals surface area contributed by atoms with Gasteiger partial charge in [0.15, 0.2) is 0 Å². The van der Waals surface area contributed by atoms with Crippen LogP contribution in [0.4, 0.5) is 11.4 Å². The zero-order valence-corrected chi connectivity index (χ0v) is 14.7. The Kier molecular flexibility index (Phi) is 10.5. The molecule has 0 spiro atoms. The number of hydrogen-bond acceptors (Lipinski definition) is 6. The molecule has 1 aromatic carbocycles. The lowest BCUT2D eigenvalue weighted by molar-refractivity contribution is -0.134. The van der Waals surface area contributed by atoms with E-state index in [2.05, 4.69) is 10.6 Å². The quantitative estimate of drug-likeness (QED) is 0.292. The lowest BCUT2D eigenvalue weighted by atomic mass is 10.1. The van der Waals surface area contributed by atoms with Crippen molar-refractivity contribution in [2.24, 2.45) is 5.73 Å². The van der Waals surface area contributed by atoms with Crippen molar-refractivity contribution in [2.45, 2.75) is 13.5 Å². The summed E-state index contributed by atoms with van der Waals surface area (Å²) in [6.07, 6.45) is 0. The van der Waals surface area contributed by atoms with Crippen LogP contribution in [0.5, 0.6) is 0 Å². The maximum atomic E-state index is 11.8. The first-order chi connectivity index (χ1) is 10.9. The van der Waals surface area contributed by atoms with Gasteiger partial charge >= 0.3 is 0 Å². The van der Waals surface area contributed by atoms with Gasteiger partial charge < -0.3 is 32.7 Å². The average molecular weight is 359 g/mol. The summed E-state index contributed by atoms with van der Waals surface area (Å²) in [4.78, 5) is 24.5. The maximum Gasteiger partial charge on any atom is 0.239 e. The number of rotatable bonds is 9. The molecule has 0 aliphatic heterocycles. The molecule has 0 heterocycles. The van der Waals surface area contributed by atoms with E-state index in [0.717, 1.165) is 5.56 Å². The molecule has 0 aliphatic carbocycles. The number of nitrogens with zero attached hydrogens (tertiary/aromatic N) is 1. The van der Waals surface area contributed by atoms with Crippen molar-refractivity contribution in [1.29, 1.82) is 0 Å². The zero-order valence-electron chi connectivity index (χ0n) is 13.9. The SMILES string of the molecule is CC(=O)N(CCN)CC(=O)NCCNCc1cc(N)ccc1N.Cl. The van der Waals surface area contributed by atoms with Gasteiger partial charge in [-0.2, -0.15) is 0 Å². The third-order valence-electron chi connectivity index (χ3n) is 3.29. The van der Waals surface area contributed by atoms with Crippen LogP contribution in [0.2, 0.25) is 0 Å². The highest BCUT2D eigenvalue weighted by Crippen LogP contribution is 2.14. The molecule has 0 aliphatic rings. The molecule has 0 aromatic heterocycles. The van der Waals surface area contributed by atoms with Gasteiger partial charge in [0.25, 0.3) is 0 Å². The van der Waals surface area contributed by atoms with Gasteiger partial charge in [0.1, 0.15) is 0 Å². The Labute approximate surface area is 148 Å². The molecule has 0 bridgehead atoms. The minimum Gasteiger partial charge on any atom is -0.399 e. The fraction of sp³-hybridized carbons (Fsp3) is 0.467. The Balaban J connectivity index is 0.00000529. The molecule has 0 atom stereocenters. The molecular formula is C15H27ClN6O2. The number of carbonyl (C=O) groups excluding carboxylic acids is 2. The number of nitrogen functional groups attached to an aromatic ring is 2. The minimum atomic E-state index is -0.209. The maximum absolute atomic E-state index is 11.8. The van der Waals surface area contributed by atoms with Gasteiger partial charge in [-0.25, -0.2) is 0 Å². The van der Waals surface area contributed by atoms with E-state index in [1.807, 2.05) is 6.07 Å². The highest BCUT2D eigenvalue weighted by atomic mass is 35.5. The molecule has 1 aromatic rings. The molecule has 136 valence electrons. The predicted molar refractivity (Wildman–Crippen MR) is 98.5 cm³/mol. The summed E-state index contributed by atoms with van der Waals surface area (Å²) in [7, 11) is 0. The summed E-state index contributed by atoms with van der Waals surface area (Å²) in [6, 6.07) is 5.33. The molecule has 8 nitrogen and oxygen atoms in total. The second-order valence-electron chi connectivity index (χ2n) is 5.21. The number of hydrogen-bond donors (Lipinski definition) is 5. The Bertz CT molecular complexity index is 541. The van der Waals surface area contributed by atoms with Gasteiger partial charge in [-0.1, -0.05) is 0 Å². The summed E-state index contributed by atoms with van der Waals surface area (Å²) in [5, 5.41) is 5.92. The lowest BCUT2D eigenvalue weighted by Crippen LogP contribution is -2.43. The second-order valence-corrected chi connectivity index (χ2v) is 5.21. The van der Waals surface area contributed by atoms with E-state index in [0.29, 0.717) is 44.1 Å². The standard InChI is InChI=1S/C15H26N6O2.ClH/c1-11(22)21(7-4-16)10-15(23)20-6-5-19-9-12-8-13(17)2-3-14(12)18;/h2-3,8,19H,4-7,9-10,16-18H2,1H3,(H,20,23);1H. The summed E-state index contributed by atoms with van der Waals surface area (Å²) < 4.78 is 0. The van der Waals surface area contributed by atoms with Crippen LogP contribution in [0, 0.1) is 0 Å². The molecule has 8 N–H and O–H groups in total. The first-order valence-corrected chi connectivity index (χ1v) is 7.51. The second kappa shape index (κ2) is 11.5. The molecule has 0 saturated heterocycles. The smallest absolute Gasteiger partial charge is 0.239 e. The van der Waals surface area contributed by atoms with Gasteiger partial charge in [-0.15, -0.1) is 12.4 Å². The molecule has 9 heteroatoms. The molecule has 24 heavy (non-hydrogen) atoms. The highest BCUT2D eigenvalue weighted by Gasteiger charge is 2.11. The minimum absolute atomic E-state index is 0. The fourth-order valence-electron chi connectivity index (χ4n) is 2.03. The largest absolute Gasteiger partial charge is 0.399 e. The fourth-order valence-corrected chi connectivity index (χ4v) is 2.03. The summed E-state index contributed by atoms with van der Waals surface area (Å²) in [5.74, 6) is -0.375. The lowest BCUT2D eigenvalue weighted by Gasteiger charge is -2.19. The third-order valence-corrected chi connectivity index (χ3v) is 3.29. The van der Waals surface area contributed by atoms with Crippen LogP contribution in [0.3, 0.4) is 0 Å². The van der Waals surface area contributed by atoms with Gasteiger partial charge in [-0.05, 0) is 23.8 Å². The molecule has 2 amide bonds. The number of amides is 2. The third kappa shape index (κ3) is 8.00. The topological polar surface area (TPSA) is 140 Å². The van der Waals surface area contributed by atoms with Crippen LogP contribution in [-0.4, -0.2) is 49.4 Å². The zero-order chi connectivity index (χ0) is 17.2. The van der Waals surface area contributed by atoms with Crippen molar-refractivity contribution < 1.29 is 9.59 Å². The molecule has 0 unspecified atom stereocenters. The molecule has 0 radical (unpaired) electrons. The first-order valence-electron chi connectivity index (χ1n) is 7.51. The Morgan fingerprint density at radius 3 is 2.54 bits per heavy atom. The number of benzene rings is 1. The number of carbonyl (C=O) groups is 2. The summed E-state index contributed by atoms with van der Waals surface area (Å²) in [6.45, 7) is 3.74. The Hall–Kier alpha value is -2.03. The average Bonchev–Trinajstić information content (AvgIpc) is 2.49. The predicted octanol–water partition coefficient (Wildman–Crippen LogP) is -0.714. The molecule has 0 fully saturated rings. The number of anilines is 2. The van der Waals surface area contributed by atoms with Crippen LogP contribution in [0.25, 0.3) is 0 Å². The van der Waals surface area contributed by atoms with Crippen molar-refractivity contribution >= 4 is 35.6 Å². The van der Waals surface area contributed by atoms with E-state index in [4.69, 9.17) is 17.2 Å². The van der Waals surface area contributed by atoms with Crippen molar-refractivity contribution in [2.75, 3.05) is 44.2 Å². The van der Waals surface area contributed by atoms with Crippen LogP contribution >= 0.6 is 12.4 Å². The van der Waals surface area contributed by atoms with E-state index < -0.39 is 0 Å². The number of halogens is 1. The van der Waals surface area contributed by atoms with E-state index in [1.165, 1.54) is 11.8 Å². The van der Waals surface area contributed by atoms with Crippen LogP contribution in [-0.2, 0) is 16.1 Å². The normalized spacial score (nSPS) is 9.92. The van der Waals surface area contributed by atoms with E-state index in [-0.39, 0.29) is 30.8 Å². The van der Waals surface area contributed by atoms with E-state index in [1.54, 1.807) is 12.1 Å². The van der Waals surface area contributed by atoms with Crippen LogP contribution in [0.15, 0.2) is 18.2 Å². The van der Waals surface area contributed by atoms with Crippen molar-refractivity contribution in [3.05, 3.63) is 23.8 Å². The summed E-state index contributed by atoms with van der Waals surface area (Å²) >= 11 is 0. The van der Waals surface area contributed by atoms with Crippen molar-refractivity contribution in [3.8, 4) is 0 Å². The van der Waals surface area contributed by atoms with E-state index in [9.17, 15) is 9.59 Å². The molecular weight excluding hydrogens is 332 g/mol. The Morgan fingerprint density at radius 1 is 1.21 bits per heavy atom. The number of nitrogens with one attached hydrogen (secondary N) is 2. The molecule has 1 rings (SSSR count). The summed E-state index contributed by atoms with van der Waals surface area (Å²) in [5.41, 5.74) is 19.2. The van der Waals surface area contributed by atoms with E-state index >= 15 is 0 Å². The first kappa shape index (κ1) is 22.0. The van der Waals surface area contributed by atoms with Gasteiger partial charge in [0.05, 0.1) is 6.54 Å². The molecule has 0 saturated carbocycles. The van der Waals surface area contributed by atoms with Crippen LogP contribution < -0.4 is 27.8 Å². The van der Waals surface area contributed by atoms with Gasteiger partial charge in [0, 0.05) is 51.0 Å². The number of nitrogens with two attached hydrogens (primary N) is 3. The van der Waals surface area contributed by atoms with Crippen molar-refractivity contribution in [1.82, 2.24) is 15.5 Å². The monoisotopic (exact) mass is 358 g/mol. The van der Waals surface area contributed by atoms with Crippen LogP contribution in [0.1, 0.15) is 12.5 Å². The Morgan fingerprint density at radius 2 is 1.92 bits per heavy atom. The highest BCUT2D eigenvalue weighted by molar-refractivity contribution is 5.85. The van der Waals surface area contributed by atoms with Gasteiger partial charge in [0.2, 0.25) is 11.8 Å². The van der Waals surface area contributed by atoms with Crippen molar-refractivity contribution in [3.63, 3.8) is 0 Å².